The lowest BCUT2D eigenvalue weighted by atomic mass is 9.66. The van der Waals surface area contributed by atoms with E-state index in [0.29, 0.717) is 12.8 Å². The van der Waals surface area contributed by atoms with Crippen molar-refractivity contribution in [3.05, 3.63) is 0 Å². The molecule has 0 aromatic rings. The Kier molecular flexibility index (Phi) is 3.27. The molecule has 2 saturated carbocycles. The highest BCUT2D eigenvalue weighted by Gasteiger charge is 2.75. The molecule has 120 valence electrons. The third-order valence-electron chi connectivity index (χ3n) is 5.71. The summed E-state index contributed by atoms with van der Waals surface area (Å²) in [5.41, 5.74) is 4.15. The summed E-state index contributed by atoms with van der Waals surface area (Å²) in [4.78, 5) is 24.3. The average Bonchev–Trinajstić information content (AvgIpc) is 2.70. The smallest absolute Gasteiger partial charge is 0.313 e. The standard InChI is InChI=1S/C16H27NO4/c1-13(2,3)21-12(20)15(6)8-10-14(4,5)16(10,17)7-9(15)11(18)19/h9-10H,7-8,17H2,1-6H3,(H,18,19)/t9-,10-,15-,16+/m0/s1. The number of hydrogen-bond acceptors (Lipinski definition) is 4. The van der Waals surface area contributed by atoms with Crippen LogP contribution in [0.2, 0.25) is 0 Å². The van der Waals surface area contributed by atoms with E-state index in [1.165, 1.54) is 0 Å². The molecule has 0 unspecified atom stereocenters. The highest BCUT2D eigenvalue weighted by atomic mass is 16.6. The molecular weight excluding hydrogens is 270 g/mol. The minimum atomic E-state index is -1.01. The van der Waals surface area contributed by atoms with Crippen molar-refractivity contribution in [2.45, 2.75) is 65.5 Å². The monoisotopic (exact) mass is 297 g/mol. The third-order valence-corrected chi connectivity index (χ3v) is 5.71. The molecule has 2 rings (SSSR count). The van der Waals surface area contributed by atoms with Gasteiger partial charge >= 0.3 is 11.9 Å². The van der Waals surface area contributed by atoms with Gasteiger partial charge in [-0.2, -0.15) is 0 Å². The van der Waals surface area contributed by atoms with Gasteiger partial charge in [0.15, 0.2) is 0 Å². The Labute approximate surface area is 126 Å². The van der Waals surface area contributed by atoms with Gasteiger partial charge in [-0.15, -0.1) is 0 Å². The maximum absolute atomic E-state index is 12.6. The van der Waals surface area contributed by atoms with E-state index in [1.807, 2.05) is 0 Å². The highest BCUT2D eigenvalue weighted by Crippen LogP contribution is 2.70. The van der Waals surface area contributed by atoms with Gasteiger partial charge in [-0.3, -0.25) is 9.59 Å². The van der Waals surface area contributed by atoms with Gasteiger partial charge in [0, 0.05) is 5.54 Å². The summed E-state index contributed by atoms with van der Waals surface area (Å²) >= 11 is 0. The van der Waals surface area contributed by atoms with E-state index in [9.17, 15) is 14.7 Å². The predicted molar refractivity (Wildman–Crippen MR) is 78.5 cm³/mol. The van der Waals surface area contributed by atoms with Gasteiger partial charge in [-0.1, -0.05) is 13.8 Å². The lowest BCUT2D eigenvalue weighted by Gasteiger charge is -2.40. The minimum Gasteiger partial charge on any atom is -0.481 e. The molecule has 2 aliphatic rings. The van der Waals surface area contributed by atoms with Crippen LogP contribution in [0.5, 0.6) is 0 Å². The number of fused-ring (bicyclic) bond motifs is 1. The number of carbonyl (C=O) groups excluding carboxylic acids is 1. The van der Waals surface area contributed by atoms with Crippen LogP contribution in [0.1, 0.15) is 54.4 Å². The Bertz CT molecular complexity index is 493. The second kappa shape index (κ2) is 4.22. The number of ether oxygens (including phenoxy) is 1. The maximum atomic E-state index is 12.6. The van der Waals surface area contributed by atoms with Gasteiger partial charge in [0.05, 0.1) is 11.3 Å². The topological polar surface area (TPSA) is 89.6 Å². The van der Waals surface area contributed by atoms with Crippen molar-refractivity contribution in [2.24, 2.45) is 28.4 Å². The zero-order chi connectivity index (χ0) is 16.4. The molecule has 2 aliphatic carbocycles. The zero-order valence-electron chi connectivity index (χ0n) is 13.8. The van der Waals surface area contributed by atoms with Crippen LogP contribution in [0.15, 0.2) is 0 Å². The van der Waals surface area contributed by atoms with E-state index >= 15 is 0 Å². The van der Waals surface area contributed by atoms with Crippen LogP contribution >= 0.6 is 0 Å². The third kappa shape index (κ3) is 2.26. The normalized spacial score (nSPS) is 41.1. The Morgan fingerprint density at radius 3 is 2.14 bits per heavy atom. The summed E-state index contributed by atoms with van der Waals surface area (Å²) in [5.74, 6) is -2.02. The Balaban J connectivity index is 2.33. The Morgan fingerprint density at radius 2 is 1.71 bits per heavy atom. The SMILES string of the molecule is CC(C)(C)OC(=O)[C@@]1(C)C[C@H]2C(C)(C)[C@@]2(N)C[C@H]1C(=O)O. The summed E-state index contributed by atoms with van der Waals surface area (Å²) in [6, 6.07) is 0. The molecule has 3 N–H and O–H groups in total. The highest BCUT2D eigenvalue weighted by molar-refractivity contribution is 5.85. The number of carboxylic acid groups (broad SMARTS) is 1. The molecule has 0 bridgehead atoms. The lowest BCUT2D eigenvalue weighted by Crippen LogP contribution is -2.51. The first-order valence-corrected chi connectivity index (χ1v) is 7.51. The van der Waals surface area contributed by atoms with Gasteiger partial charge in [-0.05, 0) is 51.9 Å². The largest absolute Gasteiger partial charge is 0.481 e. The average molecular weight is 297 g/mol. The molecular formula is C16H27NO4. The minimum absolute atomic E-state index is 0.125. The quantitative estimate of drug-likeness (QED) is 0.762. The van der Waals surface area contributed by atoms with Gasteiger partial charge in [-0.25, -0.2) is 0 Å². The van der Waals surface area contributed by atoms with Crippen molar-refractivity contribution in [2.75, 3.05) is 0 Å². The summed E-state index contributed by atoms with van der Waals surface area (Å²) in [6.07, 6.45) is 0.804. The lowest BCUT2D eigenvalue weighted by molar-refractivity contribution is -0.178. The fourth-order valence-corrected chi connectivity index (χ4v) is 3.95. The number of carboxylic acids is 1. The maximum Gasteiger partial charge on any atom is 0.313 e. The summed E-state index contributed by atoms with van der Waals surface area (Å²) in [6.45, 7) is 11.2. The molecule has 4 atom stereocenters. The molecule has 5 heteroatoms. The predicted octanol–water partition coefficient (Wildman–Crippen LogP) is 2.18. The fraction of sp³-hybridized carbons (Fsp3) is 0.875. The van der Waals surface area contributed by atoms with E-state index < -0.39 is 34.4 Å². The van der Waals surface area contributed by atoms with Crippen LogP contribution < -0.4 is 5.73 Å². The van der Waals surface area contributed by atoms with Crippen LogP contribution in [0.4, 0.5) is 0 Å². The van der Waals surface area contributed by atoms with Crippen molar-refractivity contribution >= 4 is 11.9 Å². The van der Waals surface area contributed by atoms with Crippen molar-refractivity contribution in [1.29, 1.82) is 0 Å². The summed E-state index contributed by atoms with van der Waals surface area (Å²) in [7, 11) is 0. The van der Waals surface area contributed by atoms with Gasteiger partial charge in [0.2, 0.25) is 0 Å². The summed E-state index contributed by atoms with van der Waals surface area (Å²) < 4.78 is 5.49. The first kappa shape index (κ1) is 16.3. The molecule has 0 aromatic carbocycles. The van der Waals surface area contributed by atoms with Crippen molar-refractivity contribution in [3.63, 3.8) is 0 Å². The molecule has 21 heavy (non-hydrogen) atoms. The van der Waals surface area contributed by atoms with Gasteiger partial charge < -0.3 is 15.6 Å². The molecule has 0 spiro atoms. The molecule has 0 aromatic heterocycles. The van der Waals surface area contributed by atoms with E-state index in [2.05, 4.69) is 13.8 Å². The zero-order valence-corrected chi connectivity index (χ0v) is 13.8. The Hall–Kier alpha value is -1.10. The van der Waals surface area contributed by atoms with Crippen molar-refractivity contribution in [1.82, 2.24) is 0 Å². The van der Waals surface area contributed by atoms with E-state index in [-0.39, 0.29) is 11.3 Å². The second-order valence-corrected chi connectivity index (χ2v) is 8.53. The summed E-state index contributed by atoms with van der Waals surface area (Å²) in [5, 5.41) is 9.58. The number of nitrogens with two attached hydrogens (primary N) is 1. The van der Waals surface area contributed by atoms with Crippen LogP contribution in [-0.4, -0.2) is 28.2 Å². The molecule has 0 amide bonds. The Morgan fingerprint density at radius 1 is 1.19 bits per heavy atom. The van der Waals surface area contributed by atoms with Crippen LogP contribution in [0.25, 0.3) is 0 Å². The molecule has 0 heterocycles. The van der Waals surface area contributed by atoms with Crippen LogP contribution in [0.3, 0.4) is 0 Å². The van der Waals surface area contributed by atoms with Crippen molar-refractivity contribution < 1.29 is 19.4 Å². The number of hydrogen-bond donors (Lipinski definition) is 2. The van der Waals surface area contributed by atoms with Crippen molar-refractivity contribution in [3.8, 4) is 0 Å². The molecule has 5 nitrogen and oxygen atoms in total. The first-order valence-electron chi connectivity index (χ1n) is 7.51. The molecule has 0 radical (unpaired) electrons. The molecule has 0 aliphatic heterocycles. The molecule has 2 fully saturated rings. The van der Waals surface area contributed by atoms with E-state index in [4.69, 9.17) is 10.5 Å². The van der Waals surface area contributed by atoms with E-state index in [0.717, 1.165) is 0 Å². The van der Waals surface area contributed by atoms with E-state index in [1.54, 1.807) is 27.7 Å². The van der Waals surface area contributed by atoms with Gasteiger partial charge in [0.1, 0.15) is 5.60 Å². The fourth-order valence-electron chi connectivity index (χ4n) is 3.95. The second-order valence-electron chi connectivity index (χ2n) is 8.53. The number of aliphatic carboxylic acids is 1. The first-order chi connectivity index (χ1) is 9.26. The van der Waals surface area contributed by atoms with Crippen LogP contribution in [-0.2, 0) is 14.3 Å². The van der Waals surface area contributed by atoms with Gasteiger partial charge in [0.25, 0.3) is 0 Å². The number of esters is 1. The number of rotatable bonds is 2. The molecule has 0 saturated heterocycles. The number of carbonyl (C=O) groups is 2. The van der Waals surface area contributed by atoms with Crippen LogP contribution in [0, 0.1) is 22.7 Å².